The van der Waals surface area contributed by atoms with Crippen molar-refractivity contribution in [2.24, 2.45) is 23.7 Å². The fraction of sp³-hybridized carbons (Fsp3) is 0.296. The van der Waals surface area contributed by atoms with E-state index in [0.717, 1.165) is 142 Å². The monoisotopic (exact) mass is 1310 g/mol. The predicted octanol–water partition coefficient (Wildman–Crippen LogP) is 14.7. The number of rotatable bonds is 9. The van der Waals surface area contributed by atoms with E-state index in [4.69, 9.17) is 10.2 Å². The first-order chi connectivity index (χ1) is 48.6. The van der Waals surface area contributed by atoms with Gasteiger partial charge in [-0.25, -0.2) is 18.7 Å². The number of aromatic nitrogens is 10. The van der Waals surface area contributed by atoms with E-state index in [9.17, 15) is 13.9 Å². The second-order valence-electron chi connectivity index (χ2n) is 28.4. The molecule has 0 bridgehead atoms. The maximum Gasteiger partial charge on any atom is 0.185 e. The summed E-state index contributed by atoms with van der Waals surface area (Å²) in [6, 6.07) is 50.9. The molecule has 6 aromatic heterocycles. The van der Waals surface area contributed by atoms with E-state index in [1.807, 2.05) is 74.2 Å². The van der Waals surface area contributed by atoms with Crippen LogP contribution in [0.3, 0.4) is 0 Å². The van der Waals surface area contributed by atoms with E-state index in [1.165, 1.54) is 116 Å². The largest absolute Gasteiger partial charge is 0.391 e. The Hall–Kier alpha value is -10.6. The highest BCUT2D eigenvalue weighted by atomic mass is 19.1. The molecule has 16 nitrogen and oxygen atoms in total. The van der Waals surface area contributed by atoms with Gasteiger partial charge in [0.1, 0.15) is 18.0 Å². The Morgan fingerprint density at radius 2 is 1.00 bits per heavy atom. The Kier molecular flexibility index (Phi) is 15.4. The summed E-state index contributed by atoms with van der Waals surface area (Å²) in [7, 11) is 1.95. The molecule has 2 N–H and O–H groups in total. The van der Waals surface area contributed by atoms with Crippen molar-refractivity contribution in [2.75, 3.05) is 61.0 Å². The van der Waals surface area contributed by atoms with Gasteiger partial charge in [0.25, 0.3) is 0 Å². The number of nitrogens with zero attached hydrogens (tertiary/aromatic N) is 14. The zero-order valence-corrected chi connectivity index (χ0v) is 55.4. The highest BCUT2D eigenvalue weighted by molar-refractivity contribution is 5.76. The van der Waals surface area contributed by atoms with Crippen LogP contribution < -0.4 is 20.0 Å². The van der Waals surface area contributed by atoms with Gasteiger partial charge in [-0.2, -0.15) is 5.26 Å². The van der Waals surface area contributed by atoms with E-state index in [2.05, 4.69) is 166 Å². The number of hydrogen-bond donors (Lipinski definition) is 2. The number of β-amino-alcohol motifs (C(OH)–C–C–N with tert-alkyl or cyclic N) is 1. The molecule has 20 rings (SSSR count). The standard InChI is InChI=1S/C28H25N5.C27H28FN5O.C26H24FN5/c29-14-19-4-6-20(7-5-19)23-13-27-28-30-10-11-33(28)26-9-8-25(12-24(26)18-32(27)17-23)31-15-21-2-1-3-22(21)16-31;1-29-9-8-19-14-31(17-26(19)34)23-6-7-24-21(12-23)16-32-15-20(18-2-4-22(28)5-3-18)13-25(32)27-30-10-11-33(24)27;27-21-6-4-17(5-7-21)19-13-25-26-29-28-16-32(26)24-9-8-22(12-20(24)15-30(25)14-19)31-11-10-18-2-1-3-23(18)31/h4-13,17,21-22H,1-3,15-16,18H2;2-7,10-13,15,19,26,29,34H,8-9,14,16-17H2,1H3;4-9,12-14,16,18,23H,1-3,10-11,15H2/t;19-,26-;18-,23+/m.01/s1. The number of nitriles is 1. The van der Waals surface area contributed by atoms with Gasteiger partial charge in [0.2, 0.25) is 0 Å². The van der Waals surface area contributed by atoms with E-state index >= 15 is 0 Å². The summed E-state index contributed by atoms with van der Waals surface area (Å²) in [5, 5.41) is 31.6. The third-order valence-electron chi connectivity index (χ3n) is 22.6. The fourth-order valence-corrected chi connectivity index (χ4v) is 17.5. The molecular weight excluding hydrogens is 1240 g/mol. The molecule has 18 heteroatoms. The van der Waals surface area contributed by atoms with Crippen molar-refractivity contribution in [3.05, 3.63) is 229 Å². The number of hydrogen-bond acceptors (Lipinski definition) is 10. The minimum atomic E-state index is -0.304. The fourth-order valence-electron chi connectivity index (χ4n) is 17.5. The topological polar surface area (TPSA) is 147 Å². The molecule has 6 atom stereocenters. The van der Waals surface area contributed by atoms with Crippen molar-refractivity contribution in [3.8, 4) is 91.1 Å². The lowest BCUT2D eigenvalue weighted by molar-refractivity contribution is 0.143. The molecule has 99 heavy (non-hydrogen) atoms. The molecule has 0 spiro atoms. The minimum Gasteiger partial charge on any atom is -0.391 e. The average Bonchev–Trinajstić information content (AvgIpc) is 1.62. The quantitative estimate of drug-likeness (QED) is 0.143. The summed E-state index contributed by atoms with van der Waals surface area (Å²) < 4.78 is 40.1. The maximum atomic E-state index is 13.4. The zero-order valence-electron chi connectivity index (χ0n) is 55.4. The smallest absolute Gasteiger partial charge is 0.185 e. The summed E-state index contributed by atoms with van der Waals surface area (Å²) in [6.45, 7) is 8.31. The average molecular weight is 1310 g/mol. The predicted molar refractivity (Wildman–Crippen MR) is 383 cm³/mol. The first-order valence-electron chi connectivity index (χ1n) is 35.2. The molecule has 0 radical (unpaired) electrons. The molecule has 2 unspecified atom stereocenters. The van der Waals surface area contributed by atoms with Crippen LogP contribution in [0.2, 0.25) is 0 Å². The van der Waals surface area contributed by atoms with Gasteiger partial charge in [-0.15, -0.1) is 10.2 Å². The molecule has 2 aliphatic carbocycles. The van der Waals surface area contributed by atoms with E-state index < -0.39 is 0 Å². The summed E-state index contributed by atoms with van der Waals surface area (Å²) in [4.78, 5) is 16.9. The SMILES string of the molecule is CNCC[C@H]1CN(c2ccc3c(c2)Cn2cc(-c4ccc(F)cc4)cc2-c2nccn2-3)C[C@@H]1O.Fc1ccc(-c2cc3n(c2)Cc2cc(N4CC[C@H]5CCC[C@@H]54)ccc2-n2cnnc2-3)cc1.N#Cc1ccc(-c2cc3n(c2)Cc2cc(N4CC5CCCC5C4)ccc2-n2ccnc2-3)cc1. The van der Waals surface area contributed by atoms with Gasteiger partial charge in [0.15, 0.2) is 17.5 Å². The number of aliphatic hydroxyl groups is 1. The number of benzene rings is 6. The van der Waals surface area contributed by atoms with Crippen LogP contribution in [0, 0.1) is 46.6 Å². The van der Waals surface area contributed by atoms with Crippen LogP contribution in [0.15, 0.2) is 195 Å². The lowest BCUT2D eigenvalue weighted by Crippen LogP contribution is -2.29. The van der Waals surface area contributed by atoms with E-state index in [0.29, 0.717) is 24.7 Å². The molecule has 5 fully saturated rings. The van der Waals surface area contributed by atoms with Gasteiger partial charge in [-0.05, 0) is 212 Å². The molecule has 2 saturated carbocycles. The van der Waals surface area contributed by atoms with Gasteiger partial charge in [0, 0.05) is 141 Å². The Morgan fingerprint density at radius 1 is 0.515 bits per heavy atom. The van der Waals surface area contributed by atoms with Crippen LogP contribution in [0.4, 0.5) is 25.8 Å². The van der Waals surface area contributed by atoms with Crippen molar-refractivity contribution in [1.29, 1.82) is 5.26 Å². The van der Waals surface area contributed by atoms with Crippen molar-refractivity contribution >= 4 is 17.1 Å². The number of nitrogens with one attached hydrogen (secondary N) is 1. The van der Waals surface area contributed by atoms with Crippen molar-refractivity contribution < 1.29 is 13.9 Å². The second kappa shape index (κ2) is 25.0. The first-order valence-corrected chi connectivity index (χ1v) is 35.2. The number of aliphatic hydroxyl groups excluding tert-OH is 1. The second-order valence-corrected chi connectivity index (χ2v) is 28.4. The molecule has 12 aromatic rings. The Labute approximate surface area is 574 Å². The molecule has 3 saturated heterocycles. The van der Waals surface area contributed by atoms with Gasteiger partial charge in [-0.3, -0.25) is 13.7 Å². The van der Waals surface area contributed by atoms with Crippen LogP contribution in [-0.2, 0) is 19.6 Å². The van der Waals surface area contributed by atoms with Crippen molar-refractivity contribution in [2.45, 2.75) is 83.1 Å². The molecular formula is C81H77F2N15O. The molecule has 6 aliphatic heterocycles. The van der Waals surface area contributed by atoms with Crippen LogP contribution >= 0.6 is 0 Å². The van der Waals surface area contributed by atoms with Crippen LogP contribution in [0.5, 0.6) is 0 Å². The van der Waals surface area contributed by atoms with Gasteiger partial charge < -0.3 is 38.8 Å². The zero-order chi connectivity index (χ0) is 66.4. The van der Waals surface area contributed by atoms with Gasteiger partial charge >= 0.3 is 0 Å². The molecule has 12 heterocycles. The van der Waals surface area contributed by atoms with Crippen LogP contribution in [-0.4, -0.2) is 111 Å². The number of imidazole rings is 2. The third kappa shape index (κ3) is 11.1. The molecule has 496 valence electrons. The summed E-state index contributed by atoms with van der Waals surface area (Å²) in [5.74, 6) is 5.16. The molecule has 8 aliphatic rings. The molecule has 6 aromatic carbocycles. The molecule has 0 amide bonds. The van der Waals surface area contributed by atoms with Crippen LogP contribution in [0.1, 0.15) is 73.6 Å². The number of halogens is 2. The summed E-state index contributed by atoms with van der Waals surface area (Å²) >= 11 is 0. The highest BCUT2D eigenvalue weighted by Gasteiger charge is 2.39. The Balaban J connectivity index is 0.000000107. The lowest BCUT2D eigenvalue weighted by Gasteiger charge is -2.27. The highest BCUT2D eigenvalue weighted by Crippen LogP contribution is 2.45. The first kappa shape index (κ1) is 60.8. The van der Waals surface area contributed by atoms with E-state index in [1.54, 1.807) is 6.33 Å². The number of anilines is 3. The lowest BCUT2D eigenvalue weighted by atomic mass is 10.0. The van der Waals surface area contributed by atoms with E-state index in [-0.39, 0.29) is 23.7 Å². The third-order valence-corrected chi connectivity index (χ3v) is 22.6. The normalized spacial score (nSPS) is 20.2. The van der Waals surface area contributed by atoms with Gasteiger partial charge in [0.05, 0.1) is 51.9 Å². The van der Waals surface area contributed by atoms with Gasteiger partial charge in [-0.1, -0.05) is 49.2 Å². The summed E-state index contributed by atoms with van der Waals surface area (Å²) in [6.07, 6.45) is 26.3. The summed E-state index contributed by atoms with van der Waals surface area (Å²) in [5.41, 5.74) is 21.3. The minimum absolute atomic E-state index is 0.220. The van der Waals surface area contributed by atoms with Crippen LogP contribution in [0.25, 0.3) is 85.0 Å². The van der Waals surface area contributed by atoms with Crippen molar-refractivity contribution in [3.63, 3.8) is 0 Å². The Bertz CT molecular complexity index is 5030. The number of fused-ring (bicyclic) bond motifs is 17. The maximum absolute atomic E-state index is 13.4. The Morgan fingerprint density at radius 3 is 1.55 bits per heavy atom. The van der Waals surface area contributed by atoms with Crippen molar-refractivity contribution in [1.82, 2.24) is 52.9 Å².